The molecule has 2 unspecified atom stereocenters. The van der Waals surface area contributed by atoms with E-state index in [-0.39, 0.29) is 32.2 Å². The zero-order valence-corrected chi connectivity index (χ0v) is 64.0. The molecule has 558 valence electrons. The summed E-state index contributed by atoms with van der Waals surface area (Å²) < 4.78 is 23.0. The average molecular weight is 1350 g/mol. The summed E-state index contributed by atoms with van der Waals surface area (Å²) in [7, 11) is 5.98. The molecule has 0 radical (unpaired) electrons. The molecule has 0 saturated carbocycles. The van der Waals surface area contributed by atoms with E-state index < -0.39 is 24.3 Å². The van der Waals surface area contributed by atoms with E-state index in [9.17, 15) is 19.5 Å². The highest BCUT2D eigenvalue weighted by Crippen LogP contribution is 2.19. The lowest BCUT2D eigenvalue weighted by Gasteiger charge is -2.25. The number of rotatable bonds is 75. The van der Waals surface area contributed by atoms with E-state index in [4.69, 9.17) is 18.9 Å². The lowest BCUT2D eigenvalue weighted by Crippen LogP contribution is -2.40. The van der Waals surface area contributed by atoms with E-state index in [1.165, 1.54) is 225 Å². The molecule has 0 aromatic carbocycles. The van der Waals surface area contributed by atoms with Crippen molar-refractivity contribution in [3.05, 3.63) is 122 Å². The predicted octanol–water partition coefficient (Wildman–Crippen LogP) is 26.3. The maximum Gasteiger partial charge on any atom is 0.361 e. The Kier molecular flexibility index (Phi) is 74.0. The number of carboxylic acid groups (broad SMARTS) is 1. The summed E-state index contributed by atoms with van der Waals surface area (Å²) in [5.74, 6) is -2.00. The Morgan fingerprint density at radius 2 is 0.588 bits per heavy atom. The van der Waals surface area contributed by atoms with Gasteiger partial charge in [0, 0.05) is 12.8 Å². The monoisotopic (exact) mass is 1350 g/mol. The molecule has 0 heterocycles. The van der Waals surface area contributed by atoms with Crippen molar-refractivity contribution >= 4 is 17.9 Å². The first kappa shape index (κ1) is 92.7. The van der Waals surface area contributed by atoms with E-state index in [2.05, 4.69) is 135 Å². The van der Waals surface area contributed by atoms with E-state index in [0.29, 0.717) is 23.9 Å². The quantitative estimate of drug-likeness (QED) is 0.0211. The van der Waals surface area contributed by atoms with Crippen LogP contribution in [0.2, 0.25) is 0 Å². The summed E-state index contributed by atoms with van der Waals surface area (Å²) in [6, 6.07) is 0. The van der Waals surface area contributed by atoms with Gasteiger partial charge in [-0.05, 0) is 109 Å². The van der Waals surface area contributed by atoms with Crippen molar-refractivity contribution in [3.63, 3.8) is 0 Å². The lowest BCUT2D eigenvalue weighted by molar-refractivity contribution is -0.870. The topological polar surface area (TPSA) is 108 Å². The van der Waals surface area contributed by atoms with Crippen molar-refractivity contribution < 1.29 is 42.9 Å². The minimum Gasteiger partial charge on any atom is -0.477 e. The molecule has 0 spiro atoms. The highest BCUT2D eigenvalue weighted by atomic mass is 16.7. The number of carboxylic acids is 1. The molecule has 1 N–H and O–H groups in total. The second kappa shape index (κ2) is 77.4. The van der Waals surface area contributed by atoms with E-state index in [0.717, 1.165) is 103 Å². The Balaban J connectivity index is 4.00. The van der Waals surface area contributed by atoms with Crippen LogP contribution >= 0.6 is 0 Å². The van der Waals surface area contributed by atoms with Gasteiger partial charge in [0.1, 0.15) is 13.2 Å². The van der Waals surface area contributed by atoms with Crippen molar-refractivity contribution in [1.29, 1.82) is 0 Å². The first-order chi connectivity index (χ1) is 47.6. The first-order valence-corrected chi connectivity index (χ1v) is 40.7. The highest BCUT2D eigenvalue weighted by molar-refractivity contribution is 5.71. The third-order valence-corrected chi connectivity index (χ3v) is 17.7. The van der Waals surface area contributed by atoms with Crippen LogP contribution in [0.25, 0.3) is 0 Å². The molecule has 0 saturated heterocycles. The van der Waals surface area contributed by atoms with E-state index >= 15 is 0 Å². The number of unbranched alkanes of at least 4 members (excludes halogenated alkanes) is 40. The van der Waals surface area contributed by atoms with Gasteiger partial charge in [0.2, 0.25) is 0 Å². The normalized spacial score (nSPS) is 13.3. The molecule has 0 rings (SSSR count). The van der Waals surface area contributed by atoms with Gasteiger partial charge in [-0.1, -0.05) is 360 Å². The SMILES string of the molecule is CC/C=C\C/C=C\C/C=C\C/C=C\C/C=C\C/C=C\C/C=C\CCCCCCCCCCCC(=O)OC(COC(=O)CCCCCCCCCCCCCCCCCCCCCCCCCCCC/C=C\C/C=C\C/C=C\CCCCCCC)COC(OCC[N+](C)(C)C)C(=O)O. The van der Waals surface area contributed by atoms with Crippen LogP contribution in [0.15, 0.2) is 122 Å². The molecular formula is C88H154NO8+. The molecule has 0 aliphatic heterocycles. The molecule has 97 heavy (non-hydrogen) atoms. The molecule has 0 aliphatic carbocycles. The number of likely N-dealkylation sites (N-methyl/N-ethyl adjacent to an activating group) is 1. The average Bonchev–Trinajstić information content (AvgIpc) is 2.39. The molecule has 0 aliphatic rings. The van der Waals surface area contributed by atoms with Crippen molar-refractivity contribution in [3.8, 4) is 0 Å². The second-order valence-electron chi connectivity index (χ2n) is 28.3. The number of quaternary nitrogens is 1. The first-order valence-electron chi connectivity index (χ1n) is 40.7. The second-order valence-corrected chi connectivity index (χ2v) is 28.3. The van der Waals surface area contributed by atoms with Crippen molar-refractivity contribution in [2.75, 3.05) is 47.5 Å². The van der Waals surface area contributed by atoms with Crippen LogP contribution in [-0.2, 0) is 33.3 Å². The summed E-state index contributed by atoms with van der Waals surface area (Å²) >= 11 is 0. The fourth-order valence-corrected chi connectivity index (χ4v) is 11.5. The standard InChI is InChI=1S/C88H153NO8/c1-6-8-10-12-14-16-18-20-22-24-26-28-30-32-34-36-38-39-40-41-42-43-44-45-46-47-49-50-52-54-56-58-60-62-64-66-68-70-72-74-76-78-85(90)95-82-84(83-96-88(87(92)93)94-81-80-89(3,4)5)97-86(91)79-77-75-73-71-69-67-65-63-61-59-57-55-53-51-48-37-35-33-31-29-27-25-23-21-19-17-15-13-11-9-7-2/h9,11,15,17-18,20-21,23-24,26-27,29-30,32-33,35,48,51,55,57,84,88H,6-8,10,12-14,16,19,22,25,28,31,34,36-47,49-50,52-54,56,58-83H2,1-5H3/p+1/b11-9-,17-15-,20-18-,23-21-,26-24-,29-27-,32-30-,35-33-,51-48-,57-55-. The van der Waals surface area contributed by atoms with Crippen LogP contribution in [0, 0.1) is 0 Å². The molecule has 9 nitrogen and oxygen atoms in total. The van der Waals surface area contributed by atoms with E-state index in [1.54, 1.807) is 0 Å². The Morgan fingerprint density at radius 1 is 0.320 bits per heavy atom. The van der Waals surface area contributed by atoms with Crippen LogP contribution in [0.1, 0.15) is 361 Å². The van der Waals surface area contributed by atoms with Gasteiger partial charge in [-0.25, -0.2) is 4.79 Å². The minimum atomic E-state index is -1.52. The summed E-state index contributed by atoms with van der Waals surface area (Å²) in [6.07, 6.45) is 108. The van der Waals surface area contributed by atoms with E-state index in [1.807, 2.05) is 21.1 Å². The van der Waals surface area contributed by atoms with Crippen LogP contribution in [0.5, 0.6) is 0 Å². The molecule has 9 heteroatoms. The molecule has 0 aromatic rings. The summed E-state index contributed by atoms with van der Waals surface area (Å²) in [5.41, 5.74) is 0. The van der Waals surface area contributed by atoms with Gasteiger partial charge in [0.25, 0.3) is 6.29 Å². The number of aliphatic carboxylic acids is 1. The van der Waals surface area contributed by atoms with Gasteiger partial charge in [-0.15, -0.1) is 0 Å². The number of hydrogen-bond acceptors (Lipinski definition) is 7. The van der Waals surface area contributed by atoms with Crippen LogP contribution in [-0.4, -0.2) is 87.4 Å². The van der Waals surface area contributed by atoms with Gasteiger partial charge in [0.15, 0.2) is 6.10 Å². The number of ether oxygens (including phenoxy) is 4. The largest absolute Gasteiger partial charge is 0.477 e. The Labute approximate surface area is 599 Å². The molecule has 2 atom stereocenters. The van der Waals surface area contributed by atoms with Crippen molar-refractivity contribution in [2.45, 2.75) is 373 Å². The molecular weight excluding hydrogens is 1200 g/mol. The van der Waals surface area contributed by atoms with Gasteiger partial charge in [-0.3, -0.25) is 9.59 Å². The number of nitrogens with zero attached hydrogens (tertiary/aromatic N) is 1. The fourth-order valence-electron chi connectivity index (χ4n) is 11.5. The maximum atomic E-state index is 13.0. The van der Waals surface area contributed by atoms with Gasteiger partial charge >= 0.3 is 17.9 Å². The third-order valence-electron chi connectivity index (χ3n) is 17.7. The number of hydrogen-bond donors (Lipinski definition) is 1. The van der Waals surface area contributed by atoms with Crippen LogP contribution in [0.4, 0.5) is 0 Å². The summed E-state index contributed by atoms with van der Waals surface area (Å²) in [6.45, 7) is 4.78. The zero-order valence-electron chi connectivity index (χ0n) is 64.0. The van der Waals surface area contributed by atoms with Gasteiger partial charge in [-0.2, -0.15) is 0 Å². The Hall–Kier alpha value is -4.31. The Morgan fingerprint density at radius 3 is 0.876 bits per heavy atom. The van der Waals surface area contributed by atoms with Crippen LogP contribution in [0.3, 0.4) is 0 Å². The molecule has 0 aromatic heterocycles. The third kappa shape index (κ3) is 78.9. The molecule has 0 amide bonds. The maximum absolute atomic E-state index is 13.0. The van der Waals surface area contributed by atoms with Crippen LogP contribution < -0.4 is 0 Å². The minimum absolute atomic E-state index is 0.183. The molecule has 0 fully saturated rings. The lowest BCUT2D eigenvalue weighted by atomic mass is 10.0. The number of carbonyl (C=O) groups excluding carboxylic acids is 2. The van der Waals surface area contributed by atoms with Crippen molar-refractivity contribution in [2.24, 2.45) is 0 Å². The van der Waals surface area contributed by atoms with Crippen molar-refractivity contribution in [1.82, 2.24) is 0 Å². The number of carbonyl (C=O) groups is 3. The smallest absolute Gasteiger partial charge is 0.361 e. The number of allylic oxidation sites excluding steroid dienone is 20. The highest BCUT2D eigenvalue weighted by Gasteiger charge is 2.25. The van der Waals surface area contributed by atoms with Gasteiger partial charge in [0.05, 0.1) is 34.4 Å². The summed E-state index contributed by atoms with van der Waals surface area (Å²) in [5, 5.41) is 9.77. The zero-order chi connectivity index (χ0) is 70.4. The fraction of sp³-hybridized carbons (Fsp3) is 0.739. The summed E-state index contributed by atoms with van der Waals surface area (Å²) in [4.78, 5) is 37.7. The predicted molar refractivity (Wildman–Crippen MR) is 419 cm³/mol. The number of esters is 2. The molecule has 0 bridgehead atoms. The Bertz CT molecular complexity index is 2020. The van der Waals surface area contributed by atoms with Gasteiger partial charge < -0.3 is 28.5 Å².